The Morgan fingerprint density at radius 1 is 0.839 bits per heavy atom. The summed E-state index contributed by atoms with van der Waals surface area (Å²) in [5, 5.41) is 3.53. The van der Waals surface area contributed by atoms with Crippen LogP contribution < -0.4 is 20.2 Å². The fourth-order valence-corrected chi connectivity index (χ4v) is 3.58. The molecule has 4 aromatic rings. The number of ether oxygens (including phenoxy) is 2. The predicted molar refractivity (Wildman–Crippen MR) is 122 cm³/mol. The van der Waals surface area contributed by atoms with Gasteiger partial charge in [-0.1, -0.05) is 24.3 Å². The normalized spacial score (nSPS) is 10.7. The van der Waals surface area contributed by atoms with Crippen LogP contribution in [-0.4, -0.2) is 24.7 Å². The van der Waals surface area contributed by atoms with Crippen molar-refractivity contribution in [2.45, 2.75) is 0 Å². The summed E-state index contributed by atoms with van der Waals surface area (Å²) in [5.41, 5.74) is 2.16. The van der Waals surface area contributed by atoms with E-state index in [0.29, 0.717) is 39.4 Å². The van der Waals surface area contributed by atoms with Crippen LogP contribution in [0.4, 0.5) is 5.82 Å². The number of aromatic nitrogens is 1. The van der Waals surface area contributed by atoms with Gasteiger partial charge in [0.15, 0.2) is 5.43 Å². The lowest BCUT2D eigenvalue weighted by Crippen LogP contribution is -2.21. The molecular formula is C25H22N2O4. The third kappa shape index (κ3) is 3.75. The highest BCUT2D eigenvalue weighted by molar-refractivity contribution is 6.07. The highest BCUT2D eigenvalue weighted by atomic mass is 16.5. The molecule has 156 valence electrons. The molecule has 3 aromatic carbocycles. The van der Waals surface area contributed by atoms with Crippen molar-refractivity contribution >= 4 is 22.6 Å². The number of nitrogens with zero attached hydrogens (tertiary/aromatic N) is 1. The number of amides is 1. The number of pyridine rings is 1. The second-order valence-corrected chi connectivity index (χ2v) is 7.04. The maximum absolute atomic E-state index is 13.4. The van der Waals surface area contributed by atoms with Crippen LogP contribution in [0.5, 0.6) is 11.5 Å². The van der Waals surface area contributed by atoms with Gasteiger partial charge < -0.3 is 19.4 Å². The Kier molecular flexibility index (Phi) is 5.45. The minimum atomic E-state index is -0.317. The number of methoxy groups -OCH3 is 2. The maximum atomic E-state index is 13.4. The molecule has 0 fully saturated rings. The van der Waals surface area contributed by atoms with Crippen LogP contribution >= 0.6 is 0 Å². The number of carbonyl (C=O) groups is 1. The Labute approximate surface area is 179 Å². The molecule has 6 nitrogen and oxygen atoms in total. The summed E-state index contributed by atoms with van der Waals surface area (Å²) in [6, 6.07) is 21.4. The number of anilines is 1. The van der Waals surface area contributed by atoms with Gasteiger partial charge in [-0.15, -0.1) is 0 Å². The Balaban J connectivity index is 1.88. The van der Waals surface area contributed by atoms with Crippen LogP contribution in [0.15, 0.2) is 77.6 Å². The molecule has 1 heterocycles. The van der Waals surface area contributed by atoms with Gasteiger partial charge in [-0.3, -0.25) is 9.59 Å². The van der Waals surface area contributed by atoms with Gasteiger partial charge in [0.1, 0.15) is 17.3 Å². The number of fused-ring (bicyclic) bond motifs is 1. The molecule has 0 atom stereocenters. The number of hydrogen-bond acceptors (Lipinski definition) is 4. The van der Waals surface area contributed by atoms with Crippen LogP contribution in [0.1, 0.15) is 10.4 Å². The highest BCUT2D eigenvalue weighted by Gasteiger charge is 2.19. The monoisotopic (exact) mass is 414 g/mol. The third-order valence-electron chi connectivity index (χ3n) is 5.27. The van der Waals surface area contributed by atoms with E-state index in [1.54, 1.807) is 56.7 Å². The van der Waals surface area contributed by atoms with E-state index >= 15 is 0 Å². The van der Waals surface area contributed by atoms with Crippen molar-refractivity contribution in [3.8, 4) is 22.6 Å². The first-order valence-corrected chi connectivity index (χ1v) is 9.75. The van der Waals surface area contributed by atoms with Gasteiger partial charge in [-0.25, -0.2) is 0 Å². The number of nitrogens with one attached hydrogen (secondary N) is 1. The van der Waals surface area contributed by atoms with E-state index in [-0.39, 0.29) is 11.3 Å². The number of hydrogen-bond donors (Lipinski definition) is 1. The lowest BCUT2D eigenvalue weighted by Gasteiger charge is -2.18. The van der Waals surface area contributed by atoms with E-state index in [4.69, 9.17) is 9.47 Å². The van der Waals surface area contributed by atoms with E-state index < -0.39 is 0 Å². The molecule has 0 bridgehead atoms. The molecule has 0 saturated carbocycles. The lowest BCUT2D eigenvalue weighted by molar-refractivity contribution is 0.102. The molecule has 1 amide bonds. The summed E-state index contributed by atoms with van der Waals surface area (Å²) in [4.78, 5) is 26.5. The molecule has 0 unspecified atom stereocenters. The highest BCUT2D eigenvalue weighted by Crippen LogP contribution is 2.30. The molecule has 6 heteroatoms. The number of benzene rings is 3. The van der Waals surface area contributed by atoms with Crippen molar-refractivity contribution in [2.75, 3.05) is 19.5 Å². The second-order valence-electron chi connectivity index (χ2n) is 7.04. The van der Waals surface area contributed by atoms with Gasteiger partial charge in [0.05, 0.1) is 25.3 Å². The molecule has 0 aliphatic rings. The van der Waals surface area contributed by atoms with Crippen molar-refractivity contribution in [3.05, 3.63) is 88.6 Å². The van der Waals surface area contributed by atoms with Gasteiger partial charge in [-0.2, -0.15) is 0 Å². The van der Waals surface area contributed by atoms with Gasteiger partial charge in [0.2, 0.25) is 0 Å². The largest absolute Gasteiger partial charge is 0.497 e. The number of para-hydroxylation sites is 1. The molecule has 31 heavy (non-hydrogen) atoms. The number of rotatable bonds is 5. The van der Waals surface area contributed by atoms with Crippen molar-refractivity contribution in [3.63, 3.8) is 0 Å². The van der Waals surface area contributed by atoms with Crippen LogP contribution in [0.3, 0.4) is 0 Å². The molecule has 0 saturated heterocycles. The van der Waals surface area contributed by atoms with Crippen LogP contribution in [0, 0.1) is 0 Å². The van der Waals surface area contributed by atoms with Gasteiger partial charge in [0.25, 0.3) is 5.91 Å². The molecule has 0 radical (unpaired) electrons. The molecule has 4 rings (SSSR count). The quantitative estimate of drug-likeness (QED) is 0.523. The second kappa shape index (κ2) is 8.36. The van der Waals surface area contributed by atoms with Gasteiger partial charge in [0, 0.05) is 18.0 Å². The topological polar surface area (TPSA) is 69.6 Å². The average molecular weight is 414 g/mol. The Bertz CT molecular complexity index is 1310. The Morgan fingerprint density at radius 2 is 1.42 bits per heavy atom. The minimum absolute atomic E-state index is 0.149. The van der Waals surface area contributed by atoms with Crippen LogP contribution in [0.2, 0.25) is 0 Å². The van der Waals surface area contributed by atoms with Crippen molar-refractivity contribution in [2.24, 2.45) is 7.05 Å². The standard InChI is InChI=1S/C25H22N2O4/c1-27-21-7-5-4-6-20(21)23(28)22(16-8-12-18(30-2)13-9-16)24(27)26-25(29)17-10-14-19(31-3)15-11-17/h4-15H,1-3H3,(H,26,29). The minimum Gasteiger partial charge on any atom is -0.497 e. The van der Waals surface area contributed by atoms with Crippen LogP contribution in [0.25, 0.3) is 22.0 Å². The first-order valence-electron chi connectivity index (χ1n) is 9.75. The molecule has 0 aliphatic carbocycles. The number of aryl methyl sites for hydroxylation is 1. The molecule has 1 aromatic heterocycles. The van der Waals surface area contributed by atoms with E-state index in [2.05, 4.69) is 5.32 Å². The molecular weight excluding hydrogens is 392 g/mol. The number of carbonyl (C=O) groups excluding carboxylic acids is 1. The molecule has 1 N–H and O–H groups in total. The first kappa shape index (κ1) is 20.2. The summed E-state index contributed by atoms with van der Waals surface area (Å²) < 4.78 is 12.2. The molecule has 0 spiro atoms. The Morgan fingerprint density at radius 3 is 2.03 bits per heavy atom. The fourth-order valence-electron chi connectivity index (χ4n) is 3.58. The average Bonchev–Trinajstić information content (AvgIpc) is 2.82. The molecule has 0 aliphatic heterocycles. The van der Waals surface area contributed by atoms with Crippen molar-refractivity contribution in [1.82, 2.24) is 4.57 Å². The van der Waals surface area contributed by atoms with E-state index in [0.717, 1.165) is 5.52 Å². The smallest absolute Gasteiger partial charge is 0.256 e. The lowest BCUT2D eigenvalue weighted by atomic mass is 10.0. The zero-order valence-corrected chi connectivity index (χ0v) is 17.5. The summed E-state index contributed by atoms with van der Waals surface area (Å²) in [5.74, 6) is 1.45. The predicted octanol–water partition coefficient (Wildman–Crippen LogP) is 4.48. The summed E-state index contributed by atoms with van der Waals surface area (Å²) >= 11 is 0. The third-order valence-corrected chi connectivity index (χ3v) is 5.27. The Hall–Kier alpha value is -4.06. The SMILES string of the molecule is COc1ccc(C(=O)Nc2c(-c3ccc(OC)cc3)c(=O)c3ccccc3n2C)cc1. The van der Waals surface area contributed by atoms with E-state index in [9.17, 15) is 9.59 Å². The van der Waals surface area contributed by atoms with Crippen molar-refractivity contribution in [1.29, 1.82) is 0 Å². The van der Waals surface area contributed by atoms with E-state index in [1.165, 1.54) is 0 Å². The zero-order valence-electron chi connectivity index (χ0n) is 17.5. The summed E-state index contributed by atoms with van der Waals surface area (Å²) in [6.07, 6.45) is 0. The van der Waals surface area contributed by atoms with Gasteiger partial charge in [-0.05, 0) is 54.1 Å². The van der Waals surface area contributed by atoms with Gasteiger partial charge >= 0.3 is 0 Å². The maximum Gasteiger partial charge on any atom is 0.256 e. The van der Waals surface area contributed by atoms with E-state index in [1.807, 2.05) is 41.9 Å². The summed E-state index contributed by atoms with van der Waals surface area (Å²) in [6.45, 7) is 0. The van der Waals surface area contributed by atoms with Crippen LogP contribution in [-0.2, 0) is 7.05 Å². The zero-order chi connectivity index (χ0) is 22.0. The first-order chi connectivity index (χ1) is 15.0. The fraction of sp³-hybridized carbons (Fsp3) is 0.120. The van der Waals surface area contributed by atoms with Crippen molar-refractivity contribution < 1.29 is 14.3 Å². The summed E-state index contributed by atoms with van der Waals surface area (Å²) in [7, 11) is 4.99.